The molecule has 68 valence electrons. The lowest BCUT2D eigenvalue weighted by atomic mass is 10.2. The molecule has 0 aliphatic rings. The minimum Gasteiger partial charge on any atom is -0.264 e. The summed E-state index contributed by atoms with van der Waals surface area (Å²) in [7, 11) is 0. The minimum atomic E-state index is 0.440. The molecule has 0 bridgehead atoms. The zero-order valence-electron chi connectivity index (χ0n) is 7.56. The van der Waals surface area contributed by atoms with Gasteiger partial charge in [-0.1, -0.05) is 0 Å². The lowest BCUT2D eigenvalue weighted by molar-refractivity contribution is 1.14. The van der Waals surface area contributed by atoms with Crippen molar-refractivity contribution in [3.05, 3.63) is 30.2 Å². The molecule has 2 aromatic rings. The van der Waals surface area contributed by atoms with Crippen LogP contribution in [0.3, 0.4) is 0 Å². The number of nitrogens with zero attached hydrogens (tertiary/aromatic N) is 3. The molecule has 0 N–H and O–H groups in total. The Kier molecular flexibility index (Phi) is 2.33. The highest BCUT2D eigenvalue weighted by Gasteiger charge is 2.03. The molecule has 14 heavy (non-hydrogen) atoms. The van der Waals surface area contributed by atoms with E-state index in [1.807, 2.05) is 18.4 Å². The van der Waals surface area contributed by atoms with Crippen molar-refractivity contribution in [1.82, 2.24) is 9.97 Å². The van der Waals surface area contributed by atoms with Gasteiger partial charge in [0.15, 0.2) is 0 Å². The first-order valence-electron chi connectivity index (χ1n) is 4.04. The summed E-state index contributed by atoms with van der Waals surface area (Å²) in [6.45, 7) is 0. The van der Waals surface area contributed by atoms with Crippen LogP contribution in [-0.4, -0.2) is 16.2 Å². The fourth-order valence-electron chi connectivity index (χ4n) is 1.28. The van der Waals surface area contributed by atoms with E-state index in [-0.39, 0.29) is 0 Å². The predicted octanol–water partition coefficient (Wildman–Crippen LogP) is 2.22. The molecule has 0 amide bonds. The first kappa shape index (κ1) is 8.97. The van der Waals surface area contributed by atoms with Crippen molar-refractivity contribution < 1.29 is 0 Å². The summed E-state index contributed by atoms with van der Waals surface area (Å²) in [5.41, 5.74) is 0.440. The molecule has 0 spiro atoms. The van der Waals surface area contributed by atoms with Crippen LogP contribution < -0.4 is 0 Å². The van der Waals surface area contributed by atoms with Crippen molar-refractivity contribution in [3.63, 3.8) is 0 Å². The molecular formula is C10H7N3S. The van der Waals surface area contributed by atoms with Crippen LogP contribution in [0.2, 0.25) is 0 Å². The van der Waals surface area contributed by atoms with Gasteiger partial charge in [-0.2, -0.15) is 5.26 Å². The third kappa shape index (κ3) is 1.42. The predicted molar refractivity (Wildman–Crippen MR) is 56.0 cm³/mol. The number of thioether (sulfide) groups is 1. The molecule has 0 saturated heterocycles. The van der Waals surface area contributed by atoms with Gasteiger partial charge in [-0.15, -0.1) is 11.8 Å². The second kappa shape index (κ2) is 3.64. The van der Waals surface area contributed by atoms with Crippen molar-refractivity contribution in [2.45, 2.75) is 5.03 Å². The van der Waals surface area contributed by atoms with Crippen molar-refractivity contribution >= 4 is 22.5 Å². The van der Waals surface area contributed by atoms with Crippen LogP contribution in [0, 0.1) is 11.3 Å². The summed E-state index contributed by atoms with van der Waals surface area (Å²) >= 11 is 1.54. The van der Waals surface area contributed by atoms with E-state index < -0.39 is 0 Å². The third-order valence-corrected chi connectivity index (χ3v) is 2.60. The van der Waals surface area contributed by atoms with Crippen LogP contribution in [0.4, 0.5) is 0 Å². The van der Waals surface area contributed by atoms with Crippen LogP contribution in [0.5, 0.6) is 0 Å². The van der Waals surface area contributed by atoms with Crippen LogP contribution in [0.1, 0.15) is 5.69 Å². The topological polar surface area (TPSA) is 49.6 Å². The van der Waals surface area contributed by atoms with E-state index in [4.69, 9.17) is 5.26 Å². The summed E-state index contributed by atoms with van der Waals surface area (Å²) in [4.78, 5) is 8.23. The zero-order chi connectivity index (χ0) is 9.97. The molecule has 0 unspecified atom stereocenters. The molecule has 0 aliphatic heterocycles. The van der Waals surface area contributed by atoms with E-state index in [1.165, 1.54) is 11.8 Å². The average molecular weight is 201 g/mol. The van der Waals surface area contributed by atoms with E-state index >= 15 is 0 Å². The number of nitriles is 1. The number of aromatic nitrogens is 2. The van der Waals surface area contributed by atoms with Gasteiger partial charge in [0.1, 0.15) is 16.8 Å². The summed E-state index contributed by atoms with van der Waals surface area (Å²) < 4.78 is 0. The second-order valence-corrected chi connectivity index (χ2v) is 3.52. The van der Waals surface area contributed by atoms with Crippen LogP contribution >= 0.6 is 11.8 Å². The van der Waals surface area contributed by atoms with E-state index in [9.17, 15) is 0 Å². The van der Waals surface area contributed by atoms with E-state index in [0.29, 0.717) is 5.69 Å². The number of hydrogen-bond donors (Lipinski definition) is 0. The molecule has 0 fully saturated rings. The highest BCUT2D eigenvalue weighted by atomic mass is 32.2. The van der Waals surface area contributed by atoms with Crippen LogP contribution in [0.25, 0.3) is 10.8 Å². The first-order valence-corrected chi connectivity index (χ1v) is 5.26. The van der Waals surface area contributed by atoms with Gasteiger partial charge in [-0.3, -0.25) is 4.98 Å². The van der Waals surface area contributed by atoms with Crippen LogP contribution in [-0.2, 0) is 0 Å². The smallest absolute Gasteiger partial charge is 0.142 e. The van der Waals surface area contributed by atoms with E-state index in [1.54, 1.807) is 18.5 Å². The molecule has 0 aromatic carbocycles. The van der Waals surface area contributed by atoms with Crippen molar-refractivity contribution in [2.24, 2.45) is 0 Å². The maximum atomic E-state index is 8.77. The quantitative estimate of drug-likeness (QED) is 0.664. The molecular weight excluding hydrogens is 194 g/mol. The summed E-state index contributed by atoms with van der Waals surface area (Å²) in [6, 6.07) is 5.71. The summed E-state index contributed by atoms with van der Waals surface area (Å²) in [5.74, 6) is 0. The van der Waals surface area contributed by atoms with Gasteiger partial charge in [-0.25, -0.2) is 4.98 Å². The van der Waals surface area contributed by atoms with E-state index in [2.05, 4.69) is 9.97 Å². The third-order valence-electron chi connectivity index (χ3n) is 1.90. The Morgan fingerprint density at radius 2 is 2.36 bits per heavy atom. The Morgan fingerprint density at radius 1 is 1.50 bits per heavy atom. The standard InChI is InChI=1S/C10H7N3S/c1-14-10-9-2-3-12-6-7(9)4-8(5-11)13-10/h2-4,6H,1H3. The lowest BCUT2D eigenvalue weighted by Gasteiger charge is -2.02. The molecule has 2 aromatic heterocycles. The van der Waals surface area contributed by atoms with Gasteiger partial charge in [0.2, 0.25) is 0 Å². The monoisotopic (exact) mass is 201 g/mol. The first-order chi connectivity index (χ1) is 6.85. The van der Waals surface area contributed by atoms with Gasteiger partial charge in [-0.05, 0) is 18.4 Å². The number of pyridine rings is 2. The van der Waals surface area contributed by atoms with Gasteiger partial charge in [0.25, 0.3) is 0 Å². The van der Waals surface area contributed by atoms with Gasteiger partial charge in [0, 0.05) is 23.2 Å². The summed E-state index contributed by atoms with van der Waals surface area (Å²) in [5, 5.41) is 11.7. The lowest BCUT2D eigenvalue weighted by Crippen LogP contribution is -1.88. The zero-order valence-corrected chi connectivity index (χ0v) is 8.38. The largest absolute Gasteiger partial charge is 0.264 e. The van der Waals surface area contributed by atoms with Crippen molar-refractivity contribution in [3.8, 4) is 6.07 Å². The Hall–Kier alpha value is -1.60. The van der Waals surface area contributed by atoms with Crippen molar-refractivity contribution in [1.29, 1.82) is 5.26 Å². The average Bonchev–Trinajstić information content (AvgIpc) is 2.27. The maximum absolute atomic E-state index is 8.77. The molecule has 2 heterocycles. The van der Waals surface area contributed by atoms with Crippen LogP contribution in [0.15, 0.2) is 29.6 Å². The number of hydrogen-bond acceptors (Lipinski definition) is 4. The minimum absolute atomic E-state index is 0.440. The fraction of sp³-hybridized carbons (Fsp3) is 0.100. The highest BCUT2D eigenvalue weighted by molar-refractivity contribution is 7.98. The molecule has 0 radical (unpaired) electrons. The summed E-state index contributed by atoms with van der Waals surface area (Å²) in [6.07, 6.45) is 5.43. The maximum Gasteiger partial charge on any atom is 0.142 e. The number of rotatable bonds is 1. The molecule has 0 aliphatic carbocycles. The van der Waals surface area contributed by atoms with Crippen molar-refractivity contribution in [2.75, 3.05) is 6.26 Å². The molecule has 0 saturated carbocycles. The Labute approximate surface area is 85.8 Å². The molecule has 2 rings (SSSR count). The Morgan fingerprint density at radius 3 is 3.07 bits per heavy atom. The van der Waals surface area contributed by atoms with Gasteiger partial charge < -0.3 is 0 Å². The number of fused-ring (bicyclic) bond motifs is 1. The van der Waals surface area contributed by atoms with E-state index in [0.717, 1.165) is 15.8 Å². The Balaban J connectivity index is 2.81. The Bertz CT molecular complexity index is 516. The van der Waals surface area contributed by atoms with Gasteiger partial charge >= 0.3 is 0 Å². The highest BCUT2D eigenvalue weighted by Crippen LogP contribution is 2.23. The fourth-order valence-corrected chi connectivity index (χ4v) is 1.87. The SMILES string of the molecule is CSc1nc(C#N)cc2cnccc12. The molecule has 4 heteroatoms. The molecule has 3 nitrogen and oxygen atoms in total. The van der Waals surface area contributed by atoms with Gasteiger partial charge in [0.05, 0.1) is 0 Å². The second-order valence-electron chi connectivity index (χ2n) is 2.73. The molecule has 0 atom stereocenters. The normalized spacial score (nSPS) is 10.0.